The van der Waals surface area contributed by atoms with Gasteiger partial charge in [-0.1, -0.05) is 6.07 Å². The van der Waals surface area contributed by atoms with Gasteiger partial charge in [-0.15, -0.1) is 0 Å². The van der Waals surface area contributed by atoms with Crippen molar-refractivity contribution in [2.24, 2.45) is 5.92 Å². The van der Waals surface area contributed by atoms with Gasteiger partial charge in [0.15, 0.2) is 9.84 Å². The molecule has 2 fully saturated rings. The molecule has 2 saturated heterocycles. The first-order chi connectivity index (χ1) is 11.6. The van der Waals surface area contributed by atoms with Crippen LogP contribution in [0.4, 0.5) is 0 Å². The lowest BCUT2D eigenvalue weighted by Crippen LogP contribution is -2.40. The summed E-state index contributed by atoms with van der Waals surface area (Å²) in [6.45, 7) is 2.90. The Morgan fingerprint density at radius 3 is 2.75 bits per heavy atom. The molecule has 6 heteroatoms. The van der Waals surface area contributed by atoms with Crippen molar-refractivity contribution in [3.63, 3.8) is 0 Å². The first kappa shape index (κ1) is 16.0. The summed E-state index contributed by atoms with van der Waals surface area (Å²) in [5.74, 6) is 2.02. The van der Waals surface area contributed by atoms with Crippen LogP contribution in [0.2, 0.25) is 0 Å². The molecular weight excluding hydrogens is 324 g/mol. The van der Waals surface area contributed by atoms with Crippen molar-refractivity contribution in [1.29, 1.82) is 0 Å². The first-order valence-corrected chi connectivity index (χ1v) is 10.6. The number of piperidine rings is 1. The highest BCUT2D eigenvalue weighted by atomic mass is 32.2. The predicted molar refractivity (Wildman–Crippen MR) is 95.1 cm³/mol. The quantitative estimate of drug-likeness (QED) is 0.922. The fourth-order valence-electron chi connectivity index (χ4n) is 3.93. The number of hydrogen-bond donors (Lipinski definition) is 1. The Morgan fingerprint density at radius 2 is 2.00 bits per heavy atom. The molecule has 0 amide bonds. The van der Waals surface area contributed by atoms with Crippen LogP contribution in [0.3, 0.4) is 0 Å². The van der Waals surface area contributed by atoms with Gasteiger partial charge in [-0.2, -0.15) is 0 Å². The number of sulfone groups is 1. The molecule has 2 aliphatic heterocycles. The summed E-state index contributed by atoms with van der Waals surface area (Å²) in [5, 5.41) is 1.14. The summed E-state index contributed by atoms with van der Waals surface area (Å²) in [7, 11) is -2.77. The fraction of sp³-hybridized carbons (Fsp3) is 0.556. The van der Waals surface area contributed by atoms with Gasteiger partial charge in [-0.05, 0) is 43.4 Å². The van der Waals surface area contributed by atoms with Crippen molar-refractivity contribution in [2.75, 3.05) is 31.1 Å². The maximum atomic E-state index is 11.6. The number of ether oxygens (including phenoxy) is 1. The molecule has 1 aromatic carbocycles. The topological polar surface area (TPSA) is 62.4 Å². The second-order valence-electron chi connectivity index (χ2n) is 7.08. The second kappa shape index (κ2) is 6.41. The number of benzene rings is 1. The SMILES string of the molecule is O=S1(=O)CCC(CN2CCC(Oc3cccc4[nH]ccc34)CC2)C1. The van der Waals surface area contributed by atoms with E-state index in [2.05, 4.69) is 22.0 Å². The molecule has 0 aliphatic carbocycles. The molecule has 0 saturated carbocycles. The zero-order chi connectivity index (χ0) is 16.6. The Labute approximate surface area is 142 Å². The number of nitrogens with zero attached hydrogens (tertiary/aromatic N) is 1. The Balaban J connectivity index is 1.31. The average molecular weight is 348 g/mol. The molecular formula is C18H24N2O3S. The van der Waals surface area contributed by atoms with Crippen molar-refractivity contribution in [2.45, 2.75) is 25.4 Å². The van der Waals surface area contributed by atoms with Crippen LogP contribution in [0.15, 0.2) is 30.5 Å². The molecule has 1 aromatic heterocycles. The van der Waals surface area contributed by atoms with Crippen molar-refractivity contribution >= 4 is 20.7 Å². The van der Waals surface area contributed by atoms with E-state index in [0.29, 0.717) is 17.4 Å². The normalized spacial score (nSPS) is 25.2. The Morgan fingerprint density at radius 1 is 1.17 bits per heavy atom. The van der Waals surface area contributed by atoms with E-state index in [0.717, 1.165) is 55.5 Å². The van der Waals surface area contributed by atoms with Crippen molar-refractivity contribution in [1.82, 2.24) is 9.88 Å². The van der Waals surface area contributed by atoms with E-state index in [9.17, 15) is 8.42 Å². The first-order valence-electron chi connectivity index (χ1n) is 8.75. The number of aromatic nitrogens is 1. The Hall–Kier alpha value is -1.53. The van der Waals surface area contributed by atoms with Crippen LogP contribution in [0.1, 0.15) is 19.3 Å². The molecule has 1 N–H and O–H groups in total. The van der Waals surface area contributed by atoms with Crippen LogP contribution in [-0.2, 0) is 9.84 Å². The summed E-state index contributed by atoms with van der Waals surface area (Å²) < 4.78 is 29.4. The standard InChI is InChI=1S/C18H24N2O3S/c21-24(22)11-7-14(13-24)12-20-9-5-15(6-10-20)23-18-3-1-2-17-16(18)4-8-19-17/h1-4,8,14-15,19H,5-7,9-13H2. The van der Waals surface area contributed by atoms with Gasteiger partial charge in [0.2, 0.25) is 0 Å². The van der Waals surface area contributed by atoms with Crippen LogP contribution in [0.25, 0.3) is 10.9 Å². The van der Waals surface area contributed by atoms with Crippen LogP contribution < -0.4 is 4.74 Å². The van der Waals surface area contributed by atoms with Gasteiger partial charge in [0.05, 0.1) is 11.5 Å². The van der Waals surface area contributed by atoms with Gasteiger partial charge in [-0.25, -0.2) is 8.42 Å². The van der Waals surface area contributed by atoms with Crippen molar-refractivity contribution < 1.29 is 13.2 Å². The summed E-state index contributed by atoms with van der Waals surface area (Å²) in [6.07, 6.45) is 5.01. The largest absolute Gasteiger partial charge is 0.490 e. The molecule has 2 aliphatic rings. The minimum absolute atomic E-state index is 0.245. The molecule has 0 radical (unpaired) electrons. The summed E-state index contributed by atoms with van der Waals surface area (Å²) in [5.41, 5.74) is 1.10. The van der Waals surface area contributed by atoms with Gasteiger partial charge in [-0.3, -0.25) is 0 Å². The van der Waals surface area contributed by atoms with E-state index in [1.54, 1.807) is 0 Å². The molecule has 1 atom stereocenters. The lowest BCUT2D eigenvalue weighted by molar-refractivity contribution is 0.0943. The number of H-pyrrole nitrogens is 1. The van der Waals surface area contributed by atoms with E-state index < -0.39 is 9.84 Å². The number of nitrogens with one attached hydrogen (secondary N) is 1. The third-order valence-corrected chi connectivity index (χ3v) is 7.06. The third kappa shape index (κ3) is 3.44. The monoisotopic (exact) mass is 348 g/mol. The second-order valence-corrected chi connectivity index (χ2v) is 9.31. The van der Waals surface area contributed by atoms with Gasteiger partial charge < -0.3 is 14.6 Å². The number of aromatic amines is 1. The molecule has 130 valence electrons. The van der Waals surface area contributed by atoms with Gasteiger partial charge in [0, 0.05) is 36.7 Å². The molecule has 4 rings (SSSR count). The van der Waals surface area contributed by atoms with Crippen molar-refractivity contribution in [3.8, 4) is 5.75 Å². The van der Waals surface area contributed by atoms with Crippen LogP contribution in [0, 0.1) is 5.92 Å². The number of rotatable bonds is 4. The van der Waals surface area contributed by atoms with Crippen LogP contribution in [0.5, 0.6) is 5.75 Å². The highest BCUT2D eigenvalue weighted by Crippen LogP contribution is 2.28. The number of hydrogen-bond acceptors (Lipinski definition) is 4. The highest BCUT2D eigenvalue weighted by molar-refractivity contribution is 7.91. The summed E-state index contributed by atoms with van der Waals surface area (Å²) in [4.78, 5) is 5.62. The number of likely N-dealkylation sites (tertiary alicyclic amines) is 1. The summed E-state index contributed by atoms with van der Waals surface area (Å²) in [6, 6.07) is 8.16. The minimum atomic E-state index is -2.77. The van der Waals surface area contributed by atoms with E-state index in [1.165, 1.54) is 0 Å². The Kier molecular flexibility index (Phi) is 4.26. The van der Waals surface area contributed by atoms with Crippen molar-refractivity contribution in [3.05, 3.63) is 30.5 Å². The molecule has 0 spiro atoms. The smallest absolute Gasteiger partial charge is 0.150 e. The summed E-state index contributed by atoms with van der Waals surface area (Å²) >= 11 is 0. The molecule has 1 unspecified atom stereocenters. The predicted octanol–water partition coefficient (Wildman–Crippen LogP) is 2.45. The molecule has 2 aromatic rings. The third-order valence-electron chi connectivity index (χ3n) is 5.23. The van der Waals surface area contributed by atoms with E-state index >= 15 is 0 Å². The highest BCUT2D eigenvalue weighted by Gasteiger charge is 2.30. The lowest BCUT2D eigenvalue weighted by Gasteiger charge is -2.33. The molecule has 24 heavy (non-hydrogen) atoms. The molecule has 5 nitrogen and oxygen atoms in total. The van der Waals surface area contributed by atoms with Gasteiger partial charge in [0.25, 0.3) is 0 Å². The van der Waals surface area contributed by atoms with Crippen LogP contribution in [-0.4, -0.2) is 55.5 Å². The molecule has 0 bridgehead atoms. The maximum absolute atomic E-state index is 11.6. The van der Waals surface area contributed by atoms with Gasteiger partial charge >= 0.3 is 0 Å². The lowest BCUT2D eigenvalue weighted by atomic mass is 10.0. The zero-order valence-corrected chi connectivity index (χ0v) is 14.6. The zero-order valence-electron chi connectivity index (χ0n) is 13.8. The number of fused-ring (bicyclic) bond motifs is 1. The van der Waals surface area contributed by atoms with Crippen LogP contribution >= 0.6 is 0 Å². The Bertz CT molecular complexity index is 807. The minimum Gasteiger partial charge on any atom is -0.490 e. The van der Waals surface area contributed by atoms with Gasteiger partial charge in [0.1, 0.15) is 11.9 Å². The van der Waals surface area contributed by atoms with E-state index in [1.807, 2.05) is 18.3 Å². The fourth-order valence-corrected chi connectivity index (χ4v) is 5.78. The average Bonchev–Trinajstić information content (AvgIpc) is 3.16. The molecule has 3 heterocycles. The van der Waals surface area contributed by atoms with E-state index in [-0.39, 0.29) is 6.10 Å². The van der Waals surface area contributed by atoms with E-state index in [4.69, 9.17) is 4.74 Å². The maximum Gasteiger partial charge on any atom is 0.150 e.